The number of carbonyl (C=O) groups excluding carboxylic acids is 5. The molecule has 2 unspecified atom stereocenters. The molecule has 0 aromatic carbocycles. The van der Waals surface area contributed by atoms with Crippen LogP contribution < -0.4 is 5.73 Å². The minimum atomic E-state index is -1.15. The highest BCUT2D eigenvalue weighted by Gasteiger charge is 2.49. The number of nitrogen functional groups attached to an aromatic ring is 1. The van der Waals surface area contributed by atoms with Gasteiger partial charge in [0.05, 0.1) is 22.7 Å². The van der Waals surface area contributed by atoms with E-state index >= 15 is 0 Å². The number of piperidine rings is 1. The average molecular weight is 379 g/mol. The number of carbonyl (C=O) groups is 5. The molecule has 2 N–H and O–H groups in total. The van der Waals surface area contributed by atoms with E-state index in [-0.39, 0.29) is 35.6 Å². The monoisotopic (exact) mass is 379 g/mol. The summed E-state index contributed by atoms with van der Waals surface area (Å²) >= 11 is 1.08. The second-order valence-electron chi connectivity index (χ2n) is 5.95. The highest BCUT2D eigenvalue weighted by molar-refractivity contribution is 7.14. The third-order valence-corrected chi connectivity index (χ3v) is 5.26. The Labute approximate surface area is 152 Å². The number of thiophene rings is 1. The highest BCUT2D eigenvalue weighted by atomic mass is 32.1. The lowest BCUT2D eigenvalue weighted by Gasteiger charge is -2.36. The fraction of sp³-hybridized carbons (Fsp3) is 0.438. The molecular formula is C16H17N3O6S. The molecular weight excluding hydrogens is 362 g/mol. The molecule has 10 heteroatoms. The molecule has 3 heterocycles. The van der Waals surface area contributed by atoms with Gasteiger partial charge in [-0.1, -0.05) is 0 Å². The Bertz CT molecular complexity index is 832. The van der Waals surface area contributed by atoms with Crippen LogP contribution >= 0.6 is 11.3 Å². The summed E-state index contributed by atoms with van der Waals surface area (Å²) in [4.78, 5) is 63.8. The number of nitrogens with two attached hydrogens (primary N) is 1. The molecule has 0 aliphatic carbocycles. The van der Waals surface area contributed by atoms with E-state index in [9.17, 15) is 24.0 Å². The van der Waals surface area contributed by atoms with Crippen molar-refractivity contribution in [2.75, 3.05) is 12.3 Å². The van der Waals surface area contributed by atoms with Crippen molar-refractivity contribution in [3.63, 3.8) is 0 Å². The first-order valence-electron chi connectivity index (χ1n) is 8.07. The number of hydrogen-bond donors (Lipinski definition) is 1. The molecule has 0 spiro atoms. The fourth-order valence-corrected chi connectivity index (χ4v) is 3.96. The lowest BCUT2D eigenvalue weighted by Crippen LogP contribution is -2.59. The first kappa shape index (κ1) is 18.1. The standard InChI is InChI=1S/C16H17N3O6S/c1-3-25-16(24)7(2)18-10(20)5-4-9(14(18)22)19-13(21)8-6-26-12(17)11(8)15(19)23/h6-7,9H,3-5,17H2,1-2H3. The number of esters is 1. The smallest absolute Gasteiger partial charge is 0.329 e. The first-order chi connectivity index (χ1) is 12.3. The molecule has 26 heavy (non-hydrogen) atoms. The molecule has 4 amide bonds. The Hall–Kier alpha value is -2.75. The van der Waals surface area contributed by atoms with Crippen LogP contribution in [0.4, 0.5) is 5.00 Å². The van der Waals surface area contributed by atoms with Crippen LogP contribution in [0.1, 0.15) is 47.4 Å². The van der Waals surface area contributed by atoms with Crippen molar-refractivity contribution in [3.8, 4) is 0 Å². The molecule has 2 aliphatic heterocycles. The minimum Gasteiger partial charge on any atom is -0.464 e. The Kier molecular flexibility index (Phi) is 4.53. The van der Waals surface area contributed by atoms with Gasteiger partial charge in [-0.2, -0.15) is 0 Å². The number of fused-ring (bicyclic) bond motifs is 1. The van der Waals surface area contributed by atoms with E-state index in [0.717, 1.165) is 21.1 Å². The van der Waals surface area contributed by atoms with Crippen LogP contribution in [0.3, 0.4) is 0 Å². The maximum atomic E-state index is 12.8. The van der Waals surface area contributed by atoms with Gasteiger partial charge in [0.2, 0.25) is 5.91 Å². The molecule has 1 saturated heterocycles. The molecule has 0 radical (unpaired) electrons. The summed E-state index contributed by atoms with van der Waals surface area (Å²) in [6, 6.07) is -2.29. The number of hydrogen-bond acceptors (Lipinski definition) is 8. The quantitative estimate of drug-likeness (QED) is 0.592. The topological polar surface area (TPSA) is 127 Å². The van der Waals surface area contributed by atoms with Crippen LogP contribution in [-0.4, -0.2) is 58.1 Å². The van der Waals surface area contributed by atoms with Crippen LogP contribution in [0.2, 0.25) is 0 Å². The number of amides is 4. The van der Waals surface area contributed by atoms with Gasteiger partial charge in [0.1, 0.15) is 12.1 Å². The van der Waals surface area contributed by atoms with Crippen molar-refractivity contribution in [1.82, 2.24) is 9.80 Å². The van der Waals surface area contributed by atoms with E-state index in [2.05, 4.69) is 0 Å². The van der Waals surface area contributed by atoms with Gasteiger partial charge < -0.3 is 10.5 Å². The Morgan fingerprint density at radius 3 is 2.65 bits per heavy atom. The van der Waals surface area contributed by atoms with E-state index in [1.807, 2.05) is 0 Å². The van der Waals surface area contributed by atoms with Gasteiger partial charge in [-0.25, -0.2) is 4.79 Å². The molecule has 1 fully saturated rings. The summed E-state index contributed by atoms with van der Waals surface area (Å²) in [5, 5.41) is 1.68. The lowest BCUT2D eigenvalue weighted by molar-refractivity contribution is -0.164. The van der Waals surface area contributed by atoms with E-state index < -0.39 is 41.7 Å². The van der Waals surface area contributed by atoms with E-state index in [4.69, 9.17) is 10.5 Å². The molecule has 1 aromatic rings. The van der Waals surface area contributed by atoms with Crippen molar-refractivity contribution >= 4 is 45.9 Å². The van der Waals surface area contributed by atoms with Crippen LogP contribution in [0.15, 0.2) is 5.38 Å². The van der Waals surface area contributed by atoms with Crippen molar-refractivity contribution in [3.05, 3.63) is 16.5 Å². The van der Waals surface area contributed by atoms with E-state index in [1.165, 1.54) is 12.3 Å². The predicted octanol–water partition coefficient (Wildman–Crippen LogP) is 0.395. The molecule has 1 aromatic heterocycles. The third kappa shape index (κ3) is 2.57. The number of anilines is 1. The Morgan fingerprint density at radius 1 is 1.35 bits per heavy atom. The zero-order valence-electron chi connectivity index (χ0n) is 14.2. The number of rotatable bonds is 4. The SMILES string of the molecule is CCOC(=O)C(C)N1C(=O)CCC(N2C(=O)c3csc(N)c3C2=O)C1=O. The molecule has 3 rings (SSSR count). The van der Waals surface area contributed by atoms with Crippen molar-refractivity contribution in [2.24, 2.45) is 0 Å². The zero-order valence-corrected chi connectivity index (χ0v) is 15.0. The van der Waals surface area contributed by atoms with Crippen molar-refractivity contribution in [1.29, 1.82) is 0 Å². The van der Waals surface area contributed by atoms with E-state index in [1.54, 1.807) is 6.92 Å². The molecule has 2 atom stereocenters. The lowest BCUT2D eigenvalue weighted by atomic mass is 10.0. The van der Waals surface area contributed by atoms with Crippen molar-refractivity contribution in [2.45, 2.75) is 38.8 Å². The maximum Gasteiger partial charge on any atom is 0.329 e. The van der Waals surface area contributed by atoms with Crippen LogP contribution in [0, 0.1) is 0 Å². The molecule has 9 nitrogen and oxygen atoms in total. The predicted molar refractivity (Wildman–Crippen MR) is 90.2 cm³/mol. The number of likely N-dealkylation sites (tertiary alicyclic amines) is 1. The molecule has 0 saturated carbocycles. The van der Waals surface area contributed by atoms with Crippen LogP contribution in [0.25, 0.3) is 0 Å². The van der Waals surface area contributed by atoms with Gasteiger partial charge in [0, 0.05) is 11.8 Å². The van der Waals surface area contributed by atoms with Gasteiger partial charge >= 0.3 is 5.97 Å². The van der Waals surface area contributed by atoms with Crippen LogP contribution in [0.5, 0.6) is 0 Å². The van der Waals surface area contributed by atoms with Crippen molar-refractivity contribution < 1.29 is 28.7 Å². The second-order valence-corrected chi connectivity index (χ2v) is 6.86. The average Bonchev–Trinajstić information content (AvgIpc) is 3.08. The maximum absolute atomic E-state index is 12.8. The summed E-state index contributed by atoms with van der Waals surface area (Å²) in [7, 11) is 0. The molecule has 138 valence electrons. The fourth-order valence-electron chi connectivity index (χ4n) is 3.18. The zero-order chi connectivity index (χ0) is 19.2. The Morgan fingerprint density at radius 2 is 2.04 bits per heavy atom. The number of nitrogens with zero attached hydrogens (tertiary/aromatic N) is 2. The summed E-state index contributed by atoms with van der Waals surface area (Å²) in [6.45, 7) is 3.08. The Balaban J connectivity index is 1.89. The third-order valence-electron chi connectivity index (χ3n) is 4.45. The van der Waals surface area contributed by atoms with Gasteiger partial charge in [-0.05, 0) is 20.3 Å². The van der Waals surface area contributed by atoms with Gasteiger partial charge in [-0.15, -0.1) is 11.3 Å². The normalized spacial score (nSPS) is 21.2. The number of imide groups is 2. The molecule has 2 aliphatic rings. The second kappa shape index (κ2) is 6.52. The summed E-state index contributed by atoms with van der Waals surface area (Å²) < 4.78 is 4.86. The van der Waals surface area contributed by atoms with Gasteiger partial charge in [0.15, 0.2) is 0 Å². The van der Waals surface area contributed by atoms with Crippen LogP contribution in [-0.2, 0) is 19.1 Å². The van der Waals surface area contributed by atoms with Gasteiger partial charge in [0.25, 0.3) is 17.7 Å². The van der Waals surface area contributed by atoms with Gasteiger partial charge in [-0.3, -0.25) is 29.0 Å². The van der Waals surface area contributed by atoms with E-state index in [0.29, 0.717) is 0 Å². The summed E-state index contributed by atoms with van der Waals surface area (Å²) in [6.07, 6.45) is -0.0612. The summed E-state index contributed by atoms with van der Waals surface area (Å²) in [5.41, 5.74) is 6.00. The largest absolute Gasteiger partial charge is 0.464 e. The highest BCUT2D eigenvalue weighted by Crippen LogP contribution is 2.36. The molecule has 0 bridgehead atoms. The number of ether oxygens (including phenoxy) is 1. The first-order valence-corrected chi connectivity index (χ1v) is 8.94. The summed E-state index contributed by atoms with van der Waals surface area (Å²) in [5.74, 6) is -3.30. The minimum absolute atomic E-state index is 0.00873.